The second-order valence-corrected chi connectivity index (χ2v) is 3.74. The number of hydrogen-bond acceptors (Lipinski definition) is 2. The molecule has 1 atom stereocenters. The zero-order valence-corrected chi connectivity index (χ0v) is 8.71. The second-order valence-electron chi connectivity index (χ2n) is 2.63. The summed E-state index contributed by atoms with van der Waals surface area (Å²) in [4.78, 5) is 0.0962. The lowest BCUT2D eigenvalue weighted by molar-refractivity contribution is 0.121. The van der Waals surface area contributed by atoms with Crippen LogP contribution in [0.1, 0.15) is 23.9 Å². The van der Waals surface area contributed by atoms with E-state index in [2.05, 4.69) is 26.2 Å². The van der Waals surface area contributed by atoms with Crippen molar-refractivity contribution in [2.75, 3.05) is 0 Å². The molecule has 6 heteroatoms. The van der Waals surface area contributed by atoms with Crippen molar-refractivity contribution < 1.29 is 8.78 Å². The first-order chi connectivity index (χ1) is 6.13. The predicted molar refractivity (Wildman–Crippen MR) is 48.0 cm³/mol. The van der Waals surface area contributed by atoms with Gasteiger partial charge in [-0.3, -0.25) is 0 Å². The number of halogens is 3. The van der Waals surface area contributed by atoms with Gasteiger partial charge in [0.2, 0.25) is 0 Å². The number of hydrogen-bond donors (Lipinski definition) is 0. The summed E-state index contributed by atoms with van der Waals surface area (Å²) < 4.78 is 25.0. The molecule has 0 aromatic carbocycles. The maximum Gasteiger partial charge on any atom is 0.257 e. The van der Waals surface area contributed by atoms with Crippen LogP contribution in [0.2, 0.25) is 0 Å². The first kappa shape index (κ1) is 10.6. The Morgan fingerprint density at radius 3 is 2.85 bits per heavy atom. The minimum atomic E-state index is -2.38. The van der Waals surface area contributed by atoms with Gasteiger partial charge < -0.3 is 0 Å². The summed E-state index contributed by atoms with van der Waals surface area (Å²) >= 11 is 3.36. The Morgan fingerprint density at radius 1 is 1.62 bits per heavy atom. The van der Waals surface area contributed by atoms with Gasteiger partial charge in [0.05, 0.1) is 10.5 Å². The summed E-state index contributed by atoms with van der Waals surface area (Å²) in [5, 5.41) is 7.35. The molecule has 0 spiro atoms. The van der Waals surface area contributed by atoms with Crippen LogP contribution in [0.4, 0.5) is 8.78 Å². The molecule has 0 aliphatic heterocycles. The van der Waals surface area contributed by atoms with Gasteiger partial charge in [0.15, 0.2) is 0 Å². The van der Waals surface area contributed by atoms with E-state index in [4.69, 9.17) is 0 Å². The fraction of sp³-hybridized carbons (Fsp3) is 0.714. The average Bonchev–Trinajstić information content (AvgIpc) is 2.50. The summed E-state index contributed by atoms with van der Waals surface area (Å²) in [6.07, 6.45) is 0.00701. The highest BCUT2D eigenvalue weighted by atomic mass is 79.9. The molecule has 1 aromatic heterocycles. The summed E-state index contributed by atoms with van der Waals surface area (Å²) in [7, 11) is 0. The molecule has 0 fully saturated rings. The quantitative estimate of drug-likeness (QED) is 0.772. The normalized spacial score (nSPS) is 13.6. The zero-order chi connectivity index (χ0) is 9.84. The smallest absolute Gasteiger partial charge is 0.246 e. The number of alkyl halides is 3. The van der Waals surface area contributed by atoms with Crippen molar-refractivity contribution in [3.8, 4) is 0 Å². The third-order valence-electron chi connectivity index (χ3n) is 1.56. The molecule has 0 aliphatic carbocycles. The lowest BCUT2D eigenvalue weighted by atomic mass is 10.3. The van der Waals surface area contributed by atoms with E-state index in [-0.39, 0.29) is 4.83 Å². The summed E-state index contributed by atoms with van der Waals surface area (Å²) in [5.41, 5.74) is 0.697. The predicted octanol–water partition coefficient (Wildman–Crippen LogP) is 2.39. The Bertz CT molecular complexity index is 264. The molecular formula is C7H10BrF2N3. The van der Waals surface area contributed by atoms with Crippen LogP contribution in [0.5, 0.6) is 0 Å². The van der Waals surface area contributed by atoms with Crippen LogP contribution in [0.15, 0.2) is 6.20 Å². The SMILES string of the molecule is CCC(Br)c1cn(CC(F)F)nn1. The van der Waals surface area contributed by atoms with Gasteiger partial charge in [-0.05, 0) is 6.42 Å². The molecule has 13 heavy (non-hydrogen) atoms. The lowest BCUT2D eigenvalue weighted by Crippen LogP contribution is -2.06. The Hall–Kier alpha value is -0.520. The maximum absolute atomic E-state index is 11.9. The molecule has 1 unspecified atom stereocenters. The Balaban J connectivity index is 2.63. The van der Waals surface area contributed by atoms with Crippen LogP contribution < -0.4 is 0 Å². The van der Waals surface area contributed by atoms with Crippen molar-refractivity contribution in [1.29, 1.82) is 0 Å². The lowest BCUT2D eigenvalue weighted by Gasteiger charge is -1.99. The van der Waals surface area contributed by atoms with Gasteiger partial charge in [-0.1, -0.05) is 28.1 Å². The Kier molecular flexibility index (Phi) is 3.77. The third-order valence-corrected chi connectivity index (χ3v) is 2.68. The van der Waals surface area contributed by atoms with E-state index in [1.807, 2.05) is 6.92 Å². The molecule has 0 N–H and O–H groups in total. The van der Waals surface area contributed by atoms with Gasteiger partial charge in [-0.2, -0.15) is 0 Å². The van der Waals surface area contributed by atoms with E-state index in [1.54, 1.807) is 0 Å². The molecule has 0 amide bonds. The second kappa shape index (κ2) is 4.64. The van der Waals surface area contributed by atoms with Gasteiger partial charge >= 0.3 is 0 Å². The van der Waals surface area contributed by atoms with Crippen LogP contribution in [-0.4, -0.2) is 21.4 Å². The topological polar surface area (TPSA) is 30.7 Å². The maximum atomic E-state index is 11.9. The van der Waals surface area contributed by atoms with E-state index in [9.17, 15) is 8.78 Å². The van der Waals surface area contributed by atoms with Gasteiger partial charge in [0, 0.05) is 6.20 Å². The van der Waals surface area contributed by atoms with E-state index in [1.165, 1.54) is 6.20 Å². The molecule has 0 bridgehead atoms. The fourth-order valence-corrected chi connectivity index (χ4v) is 1.11. The van der Waals surface area contributed by atoms with Crippen molar-refractivity contribution in [3.63, 3.8) is 0 Å². The van der Waals surface area contributed by atoms with Crippen molar-refractivity contribution in [1.82, 2.24) is 15.0 Å². The molecule has 0 saturated carbocycles. The highest BCUT2D eigenvalue weighted by Gasteiger charge is 2.11. The van der Waals surface area contributed by atoms with E-state index in [0.717, 1.165) is 11.1 Å². The molecule has 0 saturated heterocycles. The van der Waals surface area contributed by atoms with Crippen LogP contribution in [0, 0.1) is 0 Å². The molecule has 1 aromatic rings. The van der Waals surface area contributed by atoms with E-state index < -0.39 is 13.0 Å². The molecule has 3 nitrogen and oxygen atoms in total. The first-order valence-corrected chi connectivity index (χ1v) is 4.87. The molecule has 1 rings (SSSR count). The van der Waals surface area contributed by atoms with Crippen LogP contribution >= 0.6 is 15.9 Å². The average molecular weight is 254 g/mol. The Morgan fingerprint density at radius 2 is 2.31 bits per heavy atom. The minimum absolute atomic E-state index is 0.0962. The summed E-state index contributed by atoms with van der Waals surface area (Å²) in [6, 6.07) is 0. The van der Waals surface area contributed by atoms with Crippen molar-refractivity contribution in [3.05, 3.63) is 11.9 Å². The number of nitrogens with zero attached hydrogens (tertiary/aromatic N) is 3. The number of aromatic nitrogens is 3. The highest BCUT2D eigenvalue weighted by molar-refractivity contribution is 9.09. The van der Waals surface area contributed by atoms with Gasteiger partial charge in [-0.25, -0.2) is 13.5 Å². The monoisotopic (exact) mass is 253 g/mol. The largest absolute Gasteiger partial charge is 0.257 e. The van der Waals surface area contributed by atoms with Crippen LogP contribution in [0.25, 0.3) is 0 Å². The summed E-state index contributed by atoms with van der Waals surface area (Å²) in [6.45, 7) is 1.59. The van der Waals surface area contributed by atoms with Crippen molar-refractivity contribution in [2.45, 2.75) is 31.1 Å². The molecular weight excluding hydrogens is 244 g/mol. The van der Waals surface area contributed by atoms with Gasteiger partial charge in [0.25, 0.3) is 6.43 Å². The summed E-state index contributed by atoms with van der Waals surface area (Å²) in [5.74, 6) is 0. The standard InChI is InChI=1S/C7H10BrF2N3/c1-2-5(8)6-3-13(12-11-6)4-7(9)10/h3,5,7H,2,4H2,1H3. The van der Waals surface area contributed by atoms with Crippen LogP contribution in [0.3, 0.4) is 0 Å². The third kappa shape index (κ3) is 3.02. The van der Waals surface area contributed by atoms with Gasteiger partial charge in [-0.15, -0.1) is 5.10 Å². The Labute approximate surface area is 83.3 Å². The van der Waals surface area contributed by atoms with Crippen molar-refractivity contribution >= 4 is 15.9 Å². The number of rotatable bonds is 4. The van der Waals surface area contributed by atoms with Crippen LogP contribution in [-0.2, 0) is 6.54 Å². The molecule has 0 radical (unpaired) electrons. The first-order valence-electron chi connectivity index (χ1n) is 3.95. The minimum Gasteiger partial charge on any atom is -0.246 e. The zero-order valence-electron chi connectivity index (χ0n) is 7.12. The van der Waals surface area contributed by atoms with E-state index >= 15 is 0 Å². The molecule has 0 aliphatic rings. The molecule has 1 heterocycles. The van der Waals surface area contributed by atoms with Gasteiger partial charge in [0.1, 0.15) is 6.54 Å². The van der Waals surface area contributed by atoms with E-state index in [0.29, 0.717) is 5.69 Å². The van der Waals surface area contributed by atoms with Crippen molar-refractivity contribution in [2.24, 2.45) is 0 Å². The fourth-order valence-electron chi connectivity index (χ4n) is 0.897. The molecule has 74 valence electrons. The highest BCUT2D eigenvalue weighted by Crippen LogP contribution is 2.23.